The van der Waals surface area contributed by atoms with Crippen LogP contribution in [0.4, 0.5) is 0 Å². The molecule has 1 heterocycles. The molecule has 3 rings (SSSR count). The van der Waals surface area contributed by atoms with Gasteiger partial charge in [-0.15, -0.1) is 0 Å². The Balaban J connectivity index is 1.92. The monoisotopic (exact) mass is 325 g/mol. The van der Waals surface area contributed by atoms with Crippen molar-refractivity contribution in [3.05, 3.63) is 65.1 Å². The number of nitrogens with zero attached hydrogens (tertiary/aromatic N) is 1. The van der Waals surface area contributed by atoms with E-state index in [4.69, 9.17) is 12.2 Å². The molecule has 1 fully saturated rings. The molecule has 0 N–H and O–H groups in total. The largest absolute Gasteiger partial charge is 0.293 e. The first-order chi connectivity index (χ1) is 10.7. The maximum atomic E-state index is 12.3. The van der Waals surface area contributed by atoms with E-state index in [1.54, 1.807) is 4.90 Å². The summed E-state index contributed by atoms with van der Waals surface area (Å²) in [5.41, 5.74) is 3.32. The second-order valence-electron chi connectivity index (χ2n) is 4.92. The van der Waals surface area contributed by atoms with Gasteiger partial charge in [-0.2, -0.15) is 0 Å². The Bertz CT molecular complexity index is 753. The Labute approximate surface area is 139 Å². The van der Waals surface area contributed by atoms with Crippen LogP contribution in [0, 0.1) is 0 Å². The molecule has 1 saturated heterocycles. The van der Waals surface area contributed by atoms with Gasteiger partial charge in [-0.05, 0) is 35.8 Å². The van der Waals surface area contributed by atoms with Crippen molar-refractivity contribution in [2.45, 2.75) is 6.92 Å². The van der Waals surface area contributed by atoms with Gasteiger partial charge in [0.05, 0.1) is 4.91 Å². The molecule has 110 valence electrons. The molecule has 0 spiro atoms. The molecular formula is C18H15NOS2. The number of likely N-dealkylation sites (N-methyl/N-ethyl adjacent to an activating group) is 1. The topological polar surface area (TPSA) is 20.3 Å². The molecule has 22 heavy (non-hydrogen) atoms. The maximum absolute atomic E-state index is 12.3. The second kappa shape index (κ2) is 6.46. The molecule has 2 nitrogen and oxygen atoms in total. The first kappa shape index (κ1) is 15.0. The Morgan fingerprint density at radius 2 is 1.82 bits per heavy atom. The van der Waals surface area contributed by atoms with Crippen molar-refractivity contribution in [1.29, 1.82) is 0 Å². The van der Waals surface area contributed by atoms with Gasteiger partial charge < -0.3 is 0 Å². The number of thioether (sulfide) groups is 1. The molecule has 1 amide bonds. The number of hydrogen-bond donors (Lipinski definition) is 0. The fourth-order valence-electron chi connectivity index (χ4n) is 2.36. The van der Waals surface area contributed by atoms with E-state index in [0.717, 1.165) is 11.1 Å². The van der Waals surface area contributed by atoms with Crippen LogP contribution in [0.15, 0.2) is 59.5 Å². The van der Waals surface area contributed by atoms with E-state index in [1.807, 2.05) is 43.3 Å². The highest BCUT2D eigenvalue weighted by atomic mass is 32.2. The minimum Gasteiger partial charge on any atom is -0.293 e. The zero-order chi connectivity index (χ0) is 15.5. The Morgan fingerprint density at radius 3 is 2.50 bits per heavy atom. The van der Waals surface area contributed by atoms with Crippen LogP contribution in [0.25, 0.3) is 17.2 Å². The summed E-state index contributed by atoms with van der Waals surface area (Å²) < 4.78 is 0.637. The third-order valence-corrected chi connectivity index (χ3v) is 4.86. The average Bonchev–Trinajstić information content (AvgIpc) is 2.82. The van der Waals surface area contributed by atoms with Crippen LogP contribution in [0.5, 0.6) is 0 Å². The lowest BCUT2D eigenvalue weighted by atomic mass is 10.0. The van der Waals surface area contributed by atoms with Crippen molar-refractivity contribution >= 4 is 40.3 Å². The molecule has 0 bridgehead atoms. The van der Waals surface area contributed by atoms with Gasteiger partial charge in [-0.25, -0.2) is 0 Å². The van der Waals surface area contributed by atoms with Crippen LogP contribution in [0.3, 0.4) is 0 Å². The summed E-state index contributed by atoms with van der Waals surface area (Å²) in [6.07, 6.45) is 1.92. The smallest absolute Gasteiger partial charge is 0.266 e. The van der Waals surface area contributed by atoms with E-state index in [0.29, 0.717) is 15.8 Å². The van der Waals surface area contributed by atoms with Crippen molar-refractivity contribution in [2.24, 2.45) is 0 Å². The van der Waals surface area contributed by atoms with Crippen molar-refractivity contribution < 1.29 is 4.79 Å². The van der Waals surface area contributed by atoms with E-state index in [-0.39, 0.29) is 5.91 Å². The number of amides is 1. The van der Waals surface area contributed by atoms with Gasteiger partial charge in [0.1, 0.15) is 4.32 Å². The number of hydrogen-bond acceptors (Lipinski definition) is 3. The van der Waals surface area contributed by atoms with E-state index in [1.165, 1.54) is 17.3 Å². The minimum atomic E-state index is 0.00242. The molecule has 0 unspecified atom stereocenters. The Hall–Kier alpha value is -1.91. The van der Waals surface area contributed by atoms with E-state index in [9.17, 15) is 4.79 Å². The Kier molecular flexibility index (Phi) is 4.41. The number of carbonyl (C=O) groups is 1. The van der Waals surface area contributed by atoms with Crippen LogP contribution in [0.2, 0.25) is 0 Å². The SMILES string of the molecule is CCN1C(=O)/C(=C\c2cccc(-c3ccccc3)c2)SC1=S. The number of carbonyl (C=O) groups excluding carboxylic acids is 1. The molecule has 0 saturated carbocycles. The quantitative estimate of drug-likeness (QED) is 0.609. The molecule has 2 aromatic carbocycles. The second-order valence-corrected chi connectivity index (χ2v) is 6.59. The van der Waals surface area contributed by atoms with Crippen LogP contribution < -0.4 is 0 Å². The predicted molar refractivity (Wildman–Crippen MR) is 97.4 cm³/mol. The molecule has 0 atom stereocenters. The van der Waals surface area contributed by atoms with Crippen molar-refractivity contribution in [2.75, 3.05) is 6.54 Å². The summed E-state index contributed by atoms with van der Waals surface area (Å²) in [6, 6.07) is 18.4. The maximum Gasteiger partial charge on any atom is 0.266 e. The van der Waals surface area contributed by atoms with Crippen molar-refractivity contribution in [3.63, 3.8) is 0 Å². The van der Waals surface area contributed by atoms with Gasteiger partial charge in [0, 0.05) is 6.54 Å². The molecule has 2 aromatic rings. The number of rotatable bonds is 3. The van der Waals surface area contributed by atoms with E-state index in [2.05, 4.69) is 24.3 Å². The first-order valence-electron chi connectivity index (χ1n) is 7.10. The Morgan fingerprint density at radius 1 is 1.09 bits per heavy atom. The van der Waals surface area contributed by atoms with Gasteiger partial charge in [0.2, 0.25) is 0 Å². The van der Waals surface area contributed by atoms with E-state index < -0.39 is 0 Å². The van der Waals surface area contributed by atoms with Crippen LogP contribution in [-0.4, -0.2) is 21.7 Å². The highest BCUT2D eigenvalue weighted by Crippen LogP contribution is 2.32. The average molecular weight is 325 g/mol. The van der Waals surface area contributed by atoms with Gasteiger partial charge in [-0.3, -0.25) is 9.69 Å². The van der Waals surface area contributed by atoms with Crippen LogP contribution in [-0.2, 0) is 4.79 Å². The fraction of sp³-hybridized carbons (Fsp3) is 0.111. The lowest BCUT2D eigenvalue weighted by Crippen LogP contribution is -2.27. The molecule has 1 aliphatic rings. The number of benzene rings is 2. The standard InChI is InChI=1S/C18H15NOS2/c1-2-19-17(20)16(22-18(19)21)12-13-7-6-10-15(11-13)14-8-4-3-5-9-14/h3-12H,2H2,1H3/b16-12+. The molecule has 0 radical (unpaired) electrons. The molecule has 0 aromatic heterocycles. The number of thiocarbonyl (C=S) groups is 1. The first-order valence-corrected chi connectivity index (χ1v) is 8.32. The molecule has 0 aliphatic carbocycles. The summed E-state index contributed by atoms with van der Waals surface area (Å²) >= 11 is 6.61. The molecule has 1 aliphatic heterocycles. The fourth-order valence-corrected chi connectivity index (χ4v) is 3.75. The van der Waals surface area contributed by atoms with Crippen molar-refractivity contribution in [1.82, 2.24) is 4.90 Å². The summed E-state index contributed by atoms with van der Waals surface area (Å²) in [5.74, 6) is 0.00242. The van der Waals surface area contributed by atoms with Crippen molar-refractivity contribution in [3.8, 4) is 11.1 Å². The third kappa shape index (κ3) is 2.98. The van der Waals surface area contributed by atoms with Crippen LogP contribution in [0.1, 0.15) is 12.5 Å². The third-order valence-electron chi connectivity index (χ3n) is 3.48. The lowest BCUT2D eigenvalue weighted by molar-refractivity contribution is -0.121. The zero-order valence-corrected chi connectivity index (χ0v) is 13.8. The zero-order valence-electron chi connectivity index (χ0n) is 12.2. The highest BCUT2D eigenvalue weighted by molar-refractivity contribution is 8.26. The lowest BCUT2D eigenvalue weighted by Gasteiger charge is -2.09. The van der Waals surface area contributed by atoms with Gasteiger partial charge in [0.15, 0.2) is 0 Å². The summed E-state index contributed by atoms with van der Waals surface area (Å²) in [5, 5.41) is 0. The molecular weight excluding hydrogens is 310 g/mol. The summed E-state index contributed by atoms with van der Waals surface area (Å²) in [6.45, 7) is 2.55. The van der Waals surface area contributed by atoms with Gasteiger partial charge in [0.25, 0.3) is 5.91 Å². The van der Waals surface area contributed by atoms with Gasteiger partial charge >= 0.3 is 0 Å². The normalized spacial score (nSPS) is 16.6. The summed E-state index contributed by atoms with van der Waals surface area (Å²) in [7, 11) is 0. The highest BCUT2D eigenvalue weighted by Gasteiger charge is 2.30. The van der Waals surface area contributed by atoms with Crippen LogP contribution >= 0.6 is 24.0 Å². The van der Waals surface area contributed by atoms with E-state index >= 15 is 0 Å². The summed E-state index contributed by atoms with van der Waals surface area (Å²) in [4.78, 5) is 14.6. The van der Waals surface area contributed by atoms with Gasteiger partial charge in [-0.1, -0.05) is 72.5 Å². The minimum absolute atomic E-state index is 0.00242. The molecule has 4 heteroatoms. The predicted octanol–water partition coefficient (Wildman–Crippen LogP) is 4.57.